The monoisotopic (exact) mass is 382 g/mol. The summed E-state index contributed by atoms with van der Waals surface area (Å²) in [4.78, 5) is 16.9. The van der Waals surface area contributed by atoms with Crippen LogP contribution in [-0.4, -0.2) is 27.2 Å². The van der Waals surface area contributed by atoms with Crippen molar-refractivity contribution in [1.29, 1.82) is 0 Å². The van der Waals surface area contributed by atoms with Crippen LogP contribution in [0, 0.1) is 13.8 Å². The number of amides is 1. The number of hydrogen-bond acceptors (Lipinski definition) is 3. The van der Waals surface area contributed by atoms with Gasteiger partial charge in [-0.1, -0.05) is 60.1 Å². The van der Waals surface area contributed by atoms with Crippen LogP contribution < -0.4 is 5.32 Å². The lowest BCUT2D eigenvalue weighted by Gasteiger charge is -2.19. The molecule has 0 aliphatic heterocycles. The van der Waals surface area contributed by atoms with Crippen LogP contribution >= 0.6 is 11.6 Å². The molecule has 6 heteroatoms. The Kier molecular flexibility index (Phi) is 6.24. The Labute approximate surface area is 164 Å². The van der Waals surface area contributed by atoms with Gasteiger partial charge in [0.2, 0.25) is 5.91 Å². The minimum absolute atomic E-state index is 0.0155. The molecule has 1 heterocycles. The average molecular weight is 383 g/mol. The lowest BCUT2D eigenvalue weighted by molar-refractivity contribution is -0.121. The molecule has 3 rings (SSSR count). The summed E-state index contributed by atoms with van der Waals surface area (Å²) < 4.78 is 1.80. The third-order valence-electron chi connectivity index (χ3n) is 4.48. The van der Waals surface area contributed by atoms with Gasteiger partial charge >= 0.3 is 0 Å². The van der Waals surface area contributed by atoms with E-state index in [-0.39, 0.29) is 11.8 Å². The molecule has 0 aliphatic carbocycles. The topological polar surface area (TPSA) is 59.8 Å². The fourth-order valence-electron chi connectivity index (χ4n) is 3.18. The highest BCUT2D eigenvalue weighted by Gasteiger charge is 2.20. The van der Waals surface area contributed by atoms with E-state index in [2.05, 4.69) is 15.4 Å². The largest absolute Gasteiger partial charge is 0.354 e. The second-order valence-corrected chi connectivity index (χ2v) is 6.88. The molecule has 27 heavy (non-hydrogen) atoms. The minimum Gasteiger partial charge on any atom is -0.354 e. The number of aromatic nitrogens is 3. The zero-order valence-corrected chi connectivity index (χ0v) is 16.3. The fraction of sp³-hybridized carbons (Fsp3) is 0.286. The van der Waals surface area contributed by atoms with E-state index < -0.39 is 0 Å². The maximum absolute atomic E-state index is 12.6. The summed E-state index contributed by atoms with van der Waals surface area (Å²) in [5.41, 5.74) is 2.03. The molecule has 2 aromatic carbocycles. The van der Waals surface area contributed by atoms with Crippen molar-refractivity contribution in [3.63, 3.8) is 0 Å². The van der Waals surface area contributed by atoms with Gasteiger partial charge in [-0.05, 0) is 31.0 Å². The first-order valence-corrected chi connectivity index (χ1v) is 9.36. The summed E-state index contributed by atoms with van der Waals surface area (Å²) in [5, 5.41) is 7.97. The zero-order chi connectivity index (χ0) is 19.2. The first kappa shape index (κ1) is 19.1. The fourth-order valence-corrected chi connectivity index (χ4v) is 3.45. The average Bonchev–Trinajstić information content (AvgIpc) is 2.98. The van der Waals surface area contributed by atoms with E-state index in [1.54, 1.807) is 4.68 Å². The molecule has 0 saturated heterocycles. The van der Waals surface area contributed by atoms with E-state index in [0.717, 1.165) is 22.8 Å². The van der Waals surface area contributed by atoms with Crippen molar-refractivity contribution in [2.24, 2.45) is 0 Å². The van der Waals surface area contributed by atoms with Crippen LogP contribution in [0.5, 0.6) is 0 Å². The third-order valence-corrected chi connectivity index (χ3v) is 4.82. The molecule has 5 nitrogen and oxygen atoms in total. The van der Waals surface area contributed by atoms with Crippen molar-refractivity contribution >= 4 is 17.5 Å². The normalized spacial score (nSPS) is 12.0. The van der Waals surface area contributed by atoms with Crippen molar-refractivity contribution in [3.05, 3.63) is 82.4 Å². The number of carbonyl (C=O) groups excluding carboxylic acids is 1. The molecule has 0 unspecified atom stereocenters. The summed E-state index contributed by atoms with van der Waals surface area (Å²) in [5.74, 6) is 1.48. The number of carbonyl (C=O) groups is 1. The van der Waals surface area contributed by atoms with Gasteiger partial charge in [-0.25, -0.2) is 9.67 Å². The Bertz CT molecular complexity index is 908. The molecule has 1 N–H and O–H groups in total. The molecular weight excluding hydrogens is 360 g/mol. The van der Waals surface area contributed by atoms with Gasteiger partial charge in [0.1, 0.15) is 11.6 Å². The number of nitrogens with one attached hydrogen (secondary N) is 1. The highest BCUT2D eigenvalue weighted by molar-refractivity contribution is 6.31. The Morgan fingerprint density at radius 1 is 1.11 bits per heavy atom. The molecule has 140 valence electrons. The number of rotatable bonds is 7. The molecule has 1 amide bonds. The van der Waals surface area contributed by atoms with Gasteiger partial charge in [0.05, 0.1) is 6.54 Å². The Hall–Kier alpha value is -2.66. The SMILES string of the molecule is Cc1nc(C)n(CCNC(=O)C[C@@H](c2ccccc2)c2ccccc2Cl)n1. The van der Waals surface area contributed by atoms with Crippen molar-refractivity contribution in [2.45, 2.75) is 32.7 Å². The van der Waals surface area contributed by atoms with Crippen LogP contribution in [0.4, 0.5) is 0 Å². The minimum atomic E-state index is -0.0877. The second kappa shape index (κ2) is 8.82. The van der Waals surface area contributed by atoms with Gasteiger partial charge in [0.25, 0.3) is 0 Å². The standard InChI is InChI=1S/C21H23ClN4O/c1-15-24-16(2)26(25-15)13-12-23-21(27)14-19(17-8-4-3-5-9-17)18-10-6-7-11-20(18)22/h3-11,19H,12-14H2,1-2H3,(H,23,27)/t19-/m0/s1. The maximum atomic E-state index is 12.6. The molecule has 0 saturated carbocycles. The van der Waals surface area contributed by atoms with Gasteiger partial charge in [0.15, 0.2) is 0 Å². The first-order chi connectivity index (χ1) is 13.0. The Balaban J connectivity index is 1.68. The van der Waals surface area contributed by atoms with E-state index in [4.69, 9.17) is 11.6 Å². The smallest absolute Gasteiger partial charge is 0.221 e. The van der Waals surface area contributed by atoms with Crippen LogP contribution in [0.25, 0.3) is 0 Å². The van der Waals surface area contributed by atoms with E-state index in [9.17, 15) is 4.79 Å². The number of hydrogen-bond donors (Lipinski definition) is 1. The summed E-state index contributed by atoms with van der Waals surface area (Å²) in [6, 6.07) is 17.7. The van der Waals surface area contributed by atoms with Gasteiger partial charge in [-0.15, -0.1) is 0 Å². The predicted molar refractivity (Wildman–Crippen MR) is 107 cm³/mol. The van der Waals surface area contributed by atoms with Crippen LogP contribution in [-0.2, 0) is 11.3 Å². The van der Waals surface area contributed by atoms with Crippen molar-refractivity contribution < 1.29 is 4.79 Å². The highest BCUT2D eigenvalue weighted by Crippen LogP contribution is 2.32. The summed E-state index contributed by atoms with van der Waals surface area (Å²) in [6.45, 7) is 4.87. The number of benzene rings is 2. The molecule has 3 aromatic rings. The third kappa shape index (κ3) is 4.95. The molecule has 1 atom stereocenters. The van der Waals surface area contributed by atoms with Crippen molar-refractivity contribution in [1.82, 2.24) is 20.1 Å². The summed E-state index contributed by atoms with van der Waals surface area (Å²) >= 11 is 6.41. The lowest BCUT2D eigenvalue weighted by atomic mass is 9.88. The van der Waals surface area contributed by atoms with Crippen LogP contribution in [0.1, 0.15) is 35.1 Å². The quantitative estimate of drug-likeness (QED) is 0.674. The van der Waals surface area contributed by atoms with Gasteiger partial charge < -0.3 is 5.32 Å². The molecule has 0 spiro atoms. The predicted octanol–water partition coefficient (Wildman–Crippen LogP) is 3.89. The number of halogens is 1. The van der Waals surface area contributed by atoms with Crippen LogP contribution in [0.2, 0.25) is 5.02 Å². The molecule has 0 fully saturated rings. The van der Waals surface area contributed by atoms with Crippen molar-refractivity contribution in [3.8, 4) is 0 Å². The Morgan fingerprint density at radius 3 is 2.48 bits per heavy atom. The van der Waals surface area contributed by atoms with Crippen LogP contribution in [0.15, 0.2) is 54.6 Å². The van der Waals surface area contributed by atoms with E-state index >= 15 is 0 Å². The maximum Gasteiger partial charge on any atom is 0.221 e. The van der Waals surface area contributed by atoms with Gasteiger partial charge in [-0.3, -0.25) is 4.79 Å². The summed E-state index contributed by atoms with van der Waals surface area (Å²) in [6.07, 6.45) is 0.336. The zero-order valence-electron chi connectivity index (χ0n) is 15.5. The first-order valence-electron chi connectivity index (χ1n) is 8.98. The summed E-state index contributed by atoms with van der Waals surface area (Å²) in [7, 11) is 0. The van der Waals surface area contributed by atoms with Crippen LogP contribution in [0.3, 0.4) is 0 Å². The lowest BCUT2D eigenvalue weighted by Crippen LogP contribution is -2.29. The second-order valence-electron chi connectivity index (χ2n) is 6.47. The molecule has 0 aliphatic rings. The van der Waals surface area contributed by atoms with Gasteiger partial charge in [0, 0.05) is 23.9 Å². The van der Waals surface area contributed by atoms with E-state index in [1.807, 2.05) is 68.4 Å². The van der Waals surface area contributed by atoms with Crippen molar-refractivity contribution in [2.75, 3.05) is 6.54 Å². The molecule has 1 aromatic heterocycles. The highest BCUT2D eigenvalue weighted by atomic mass is 35.5. The van der Waals surface area contributed by atoms with Gasteiger partial charge in [-0.2, -0.15) is 5.10 Å². The number of aryl methyl sites for hydroxylation is 2. The Morgan fingerprint density at radius 2 is 1.81 bits per heavy atom. The number of nitrogens with zero attached hydrogens (tertiary/aromatic N) is 3. The molecule has 0 bridgehead atoms. The molecule has 0 radical (unpaired) electrons. The van der Waals surface area contributed by atoms with E-state index in [0.29, 0.717) is 24.5 Å². The van der Waals surface area contributed by atoms with E-state index in [1.165, 1.54) is 0 Å². The molecular formula is C21H23ClN4O.